The first-order valence-corrected chi connectivity index (χ1v) is 21.2. The lowest BCUT2D eigenvalue weighted by Gasteiger charge is -2.20. The third-order valence-corrected chi connectivity index (χ3v) is 10.3. The summed E-state index contributed by atoms with van der Waals surface area (Å²) in [4.78, 5) is 29.9. The van der Waals surface area contributed by atoms with Crippen molar-refractivity contribution >= 4 is 21.9 Å². The van der Waals surface area contributed by atoms with E-state index >= 15 is 0 Å². The molecule has 4 aromatic carbocycles. The molecule has 0 spiro atoms. The number of ether oxygens (including phenoxy) is 4. The lowest BCUT2D eigenvalue weighted by atomic mass is 10.1. The van der Waals surface area contributed by atoms with Crippen molar-refractivity contribution < 1.29 is 27.8 Å². The van der Waals surface area contributed by atoms with Crippen LogP contribution in [0.5, 0.6) is 11.5 Å². The summed E-state index contributed by atoms with van der Waals surface area (Å²) in [5.41, 5.74) is 4.20. The largest absolute Gasteiger partial charge is 0.491 e. The van der Waals surface area contributed by atoms with Gasteiger partial charge in [0.15, 0.2) is 10.9 Å². The average molecular weight is 867 g/mol. The predicted molar refractivity (Wildman–Crippen MR) is 241 cm³/mol. The summed E-state index contributed by atoms with van der Waals surface area (Å²) in [6, 6.07) is 32.6. The van der Waals surface area contributed by atoms with Crippen LogP contribution in [0.2, 0.25) is 0 Å². The van der Waals surface area contributed by atoms with Crippen LogP contribution in [0.3, 0.4) is 0 Å². The predicted octanol–water partition coefficient (Wildman–Crippen LogP) is 6.17. The quantitative estimate of drug-likeness (QED) is 0.0670. The fourth-order valence-electron chi connectivity index (χ4n) is 6.99. The third-order valence-electron chi connectivity index (χ3n) is 10.3. The highest BCUT2D eigenvalue weighted by atomic mass is 16.5. The SMILES string of the molecule is CN(CCN(C)Cc1cn(CCOCCOc2ccc3oc(-c4ccccc4)cc(=O)c3c2)nn1)Cc1cn(CCOCCOc2ccc3c(=O)cc(-c4ccccc4)oc3c2)nn1. The molecule has 0 atom stereocenters. The summed E-state index contributed by atoms with van der Waals surface area (Å²) in [6.07, 6.45) is 3.88. The van der Waals surface area contributed by atoms with Gasteiger partial charge in [-0.05, 0) is 44.4 Å². The number of hydrogen-bond acceptors (Lipinski definition) is 14. The van der Waals surface area contributed by atoms with Gasteiger partial charge >= 0.3 is 0 Å². The minimum absolute atomic E-state index is 0.0999. The Morgan fingerprint density at radius 2 is 1.03 bits per heavy atom. The molecule has 0 unspecified atom stereocenters. The van der Waals surface area contributed by atoms with Crippen molar-refractivity contribution in [3.05, 3.63) is 153 Å². The lowest BCUT2D eigenvalue weighted by Crippen LogP contribution is -2.30. The molecule has 8 aromatic rings. The molecule has 8 rings (SSSR count). The van der Waals surface area contributed by atoms with Gasteiger partial charge in [0.05, 0.1) is 61.7 Å². The summed E-state index contributed by atoms with van der Waals surface area (Å²) in [5.74, 6) is 2.22. The maximum atomic E-state index is 12.8. The molecular formula is C48H50N8O8. The van der Waals surface area contributed by atoms with Gasteiger partial charge in [-0.3, -0.25) is 19.4 Å². The van der Waals surface area contributed by atoms with E-state index in [9.17, 15) is 9.59 Å². The molecule has 0 saturated heterocycles. The fraction of sp³-hybridized carbons (Fsp3) is 0.292. The Balaban J connectivity index is 0.671. The smallest absolute Gasteiger partial charge is 0.193 e. The minimum atomic E-state index is -0.123. The summed E-state index contributed by atoms with van der Waals surface area (Å²) < 4.78 is 38.8. The monoisotopic (exact) mass is 866 g/mol. The van der Waals surface area contributed by atoms with Gasteiger partial charge in [-0.25, -0.2) is 9.36 Å². The second-order valence-electron chi connectivity index (χ2n) is 15.3. The summed E-state index contributed by atoms with van der Waals surface area (Å²) in [6.45, 7) is 6.48. The zero-order chi connectivity index (χ0) is 44.1. The molecule has 0 aliphatic carbocycles. The van der Waals surface area contributed by atoms with E-state index in [-0.39, 0.29) is 10.9 Å². The molecule has 0 N–H and O–H groups in total. The van der Waals surface area contributed by atoms with E-state index in [1.807, 2.05) is 73.1 Å². The van der Waals surface area contributed by atoms with Crippen molar-refractivity contribution in [2.75, 3.05) is 66.8 Å². The normalized spacial score (nSPS) is 11.6. The van der Waals surface area contributed by atoms with Gasteiger partial charge < -0.3 is 27.8 Å². The molecule has 0 fully saturated rings. The molecule has 0 aliphatic rings. The highest BCUT2D eigenvalue weighted by molar-refractivity contribution is 5.81. The number of benzene rings is 4. The van der Waals surface area contributed by atoms with Gasteiger partial charge in [0.1, 0.15) is 47.4 Å². The zero-order valence-electron chi connectivity index (χ0n) is 35.9. The van der Waals surface area contributed by atoms with Gasteiger partial charge in [-0.1, -0.05) is 71.1 Å². The first kappa shape index (κ1) is 43.7. The van der Waals surface area contributed by atoms with Crippen LogP contribution in [0.15, 0.2) is 140 Å². The standard InChI is InChI=1S/C48H50N8O8/c1-53(31-37-33-55(51-49-37)19-21-59-23-25-61-39-14-16-45-42(27-39)44(58)30-46(63-45)35-9-5-3-6-10-35)17-18-54(2)32-38-34-56(52-50-38)20-22-60-24-26-62-40-13-15-41-43(57)29-47(64-48(41)28-40)36-11-7-4-8-12-36/h3-16,27-30,33-34H,17-26,31-32H2,1-2H3. The summed E-state index contributed by atoms with van der Waals surface area (Å²) in [5, 5.41) is 18.2. The molecule has 0 amide bonds. The Kier molecular flexibility index (Phi) is 14.6. The minimum Gasteiger partial charge on any atom is -0.491 e. The van der Waals surface area contributed by atoms with Crippen LogP contribution < -0.4 is 20.3 Å². The van der Waals surface area contributed by atoms with E-state index in [4.69, 9.17) is 27.8 Å². The number of aromatic nitrogens is 6. The van der Waals surface area contributed by atoms with Crippen LogP contribution in [0.25, 0.3) is 44.6 Å². The van der Waals surface area contributed by atoms with Crippen molar-refractivity contribution in [3.8, 4) is 34.1 Å². The van der Waals surface area contributed by atoms with E-state index in [1.54, 1.807) is 45.8 Å². The van der Waals surface area contributed by atoms with Gasteiger partial charge in [-0.2, -0.15) is 0 Å². The Morgan fingerprint density at radius 1 is 0.531 bits per heavy atom. The van der Waals surface area contributed by atoms with E-state index in [1.165, 1.54) is 12.1 Å². The van der Waals surface area contributed by atoms with Crippen molar-refractivity contribution in [1.82, 2.24) is 39.8 Å². The van der Waals surface area contributed by atoms with E-state index in [2.05, 4.69) is 44.5 Å². The average Bonchev–Trinajstić information content (AvgIpc) is 3.97. The molecule has 0 bridgehead atoms. The molecule has 0 saturated carbocycles. The Hall–Kier alpha value is -6.98. The number of fused-ring (bicyclic) bond motifs is 2. The van der Waals surface area contributed by atoms with Gasteiger partial charge in [0.25, 0.3) is 0 Å². The van der Waals surface area contributed by atoms with E-state index in [0.29, 0.717) is 111 Å². The van der Waals surface area contributed by atoms with Gasteiger partial charge in [0.2, 0.25) is 0 Å². The zero-order valence-corrected chi connectivity index (χ0v) is 35.9. The van der Waals surface area contributed by atoms with Crippen molar-refractivity contribution in [1.29, 1.82) is 0 Å². The molecule has 16 nitrogen and oxygen atoms in total. The molecule has 64 heavy (non-hydrogen) atoms. The molecule has 330 valence electrons. The summed E-state index contributed by atoms with van der Waals surface area (Å²) in [7, 11) is 4.12. The first-order valence-electron chi connectivity index (χ1n) is 21.2. The Morgan fingerprint density at radius 3 is 1.59 bits per heavy atom. The number of likely N-dealkylation sites (N-methyl/N-ethyl adjacent to an activating group) is 2. The topological polar surface area (TPSA) is 165 Å². The van der Waals surface area contributed by atoms with Crippen LogP contribution in [0, 0.1) is 0 Å². The van der Waals surface area contributed by atoms with Gasteiger partial charge in [-0.15, -0.1) is 10.2 Å². The van der Waals surface area contributed by atoms with Crippen molar-refractivity contribution in [2.45, 2.75) is 26.2 Å². The van der Waals surface area contributed by atoms with Crippen LogP contribution in [-0.2, 0) is 35.7 Å². The number of nitrogens with zero attached hydrogens (tertiary/aromatic N) is 8. The Bertz CT molecular complexity index is 2860. The van der Waals surface area contributed by atoms with Crippen LogP contribution in [-0.4, -0.2) is 107 Å². The van der Waals surface area contributed by atoms with E-state index in [0.717, 1.165) is 35.6 Å². The van der Waals surface area contributed by atoms with Crippen molar-refractivity contribution in [2.24, 2.45) is 0 Å². The lowest BCUT2D eigenvalue weighted by molar-refractivity contribution is 0.0923. The third kappa shape index (κ3) is 11.9. The van der Waals surface area contributed by atoms with E-state index < -0.39 is 0 Å². The highest BCUT2D eigenvalue weighted by Gasteiger charge is 2.12. The molecule has 16 heteroatoms. The summed E-state index contributed by atoms with van der Waals surface area (Å²) >= 11 is 0. The number of rotatable bonds is 23. The second-order valence-corrected chi connectivity index (χ2v) is 15.3. The van der Waals surface area contributed by atoms with Crippen LogP contribution in [0.4, 0.5) is 0 Å². The molecule has 0 aliphatic heterocycles. The first-order chi connectivity index (χ1) is 31.3. The molecule has 0 radical (unpaired) electrons. The van der Waals surface area contributed by atoms with Crippen LogP contribution in [0.1, 0.15) is 11.4 Å². The number of hydrogen-bond donors (Lipinski definition) is 0. The maximum Gasteiger partial charge on any atom is 0.193 e. The molecule has 4 aromatic heterocycles. The molecular weight excluding hydrogens is 817 g/mol. The van der Waals surface area contributed by atoms with Gasteiger partial charge in [0, 0.05) is 67.9 Å². The second kappa shape index (κ2) is 21.4. The highest BCUT2D eigenvalue weighted by Crippen LogP contribution is 2.26. The Labute approximate surface area is 369 Å². The fourth-order valence-corrected chi connectivity index (χ4v) is 6.99. The van der Waals surface area contributed by atoms with Crippen LogP contribution >= 0.6 is 0 Å². The van der Waals surface area contributed by atoms with Crippen molar-refractivity contribution in [3.63, 3.8) is 0 Å². The maximum absolute atomic E-state index is 12.8. The molecule has 4 heterocycles.